The molecule has 62 valence electrons. The summed E-state index contributed by atoms with van der Waals surface area (Å²) in [5.74, 6) is 0. The zero-order valence-corrected chi connectivity index (χ0v) is 7.71. The van der Waals surface area contributed by atoms with E-state index >= 15 is 0 Å². The molecule has 0 aromatic heterocycles. The van der Waals surface area contributed by atoms with E-state index in [-0.39, 0.29) is 17.9 Å². The molecule has 0 fully saturated rings. The van der Waals surface area contributed by atoms with Crippen molar-refractivity contribution < 1.29 is 0 Å². The highest BCUT2D eigenvalue weighted by Crippen LogP contribution is 2.15. The fourth-order valence-corrected chi connectivity index (χ4v) is 0.826. The van der Waals surface area contributed by atoms with Gasteiger partial charge in [0, 0.05) is 5.54 Å². The van der Waals surface area contributed by atoms with Crippen LogP contribution in [0.15, 0.2) is 12.7 Å². The zero-order valence-electron chi connectivity index (χ0n) is 6.89. The molecule has 0 saturated carbocycles. The number of nitrogens with two attached hydrogens (primary N) is 1. The molecule has 0 spiro atoms. The van der Waals surface area contributed by atoms with Crippen LogP contribution in [0.5, 0.6) is 0 Å². The van der Waals surface area contributed by atoms with E-state index < -0.39 is 0 Å². The molecule has 0 saturated heterocycles. The molecule has 2 heteroatoms. The van der Waals surface area contributed by atoms with Gasteiger partial charge in [0.25, 0.3) is 0 Å². The lowest BCUT2D eigenvalue weighted by Gasteiger charge is -2.24. The Morgan fingerprint density at radius 2 is 1.80 bits per heavy atom. The maximum atomic E-state index is 5.94. The van der Waals surface area contributed by atoms with Gasteiger partial charge in [0.05, 0.1) is 0 Å². The molecule has 0 aliphatic rings. The molecule has 0 aromatic carbocycles. The number of hydrogen-bond donors (Lipinski definition) is 1. The summed E-state index contributed by atoms with van der Waals surface area (Å²) in [5.41, 5.74) is 5.95. The molecular weight excluding hydrogens is 146 g/mol. The predicted molar refractivity (Wildman–Crippen MR) is 49.6 cm³/mol. The van der Waals surface area contributed by atoms with Crippen LogP contribution in [0.4, 0.5) is 0 Å². The first-order valence-corrected chi connectivity index (χ1v) is 3.58. The molecule has 0 aliphatic carbocycles. The predicted octanol–water partition coefficient (Wildman–Crippen LogP) is 2.50. The summed E-state index contributed by atoms with van der Waals surface area (Å²) in [6.45, 7) is 7.90. The van der Waals surface area contributed by atoms with Crippen LogP contribution in [0.2, 0.25) is 0 Å². The van der Waals surface area contributed by atoms with Gasteiger partial charge in [-0.05, 0) is 19.3 Å². The smallest absolute Gasteiger partial charge is 0.0183 e. The lowest BCUT2D eigenvalue weighted by molar-refractivity contribution is 0.401. The summed E-state index contributed by atoms with van der Waals surface area (Å²) in [5, 5.41) is 0. The molecule has 0 aromatic rings. The van der Waals surface area contributed by atoms with E-state index in [0.29, 0.717) is 0 Å². The number of hydrogen-bond acceptors (Lipinski definition) is 1. The van der Waals surface area contributed by atoms with Gasteiger partial charge in [-0.15, -0.1) is 19.0 Å². The van der Waals surface area contributed by atoms with Crippen molar-refractivity contribution in [3.63, 3.8) is 0 Å². The Morgan fingerprint density at radius 1 is 1.40 bits per heavy atom. The van der Waals surface area contributed by atoms with Crippen LogP contribution in [0, 0.1) is 0 Å². The van der Waals surface area contributed by atoms with Crippen LogP contribution in [-0.4, -0.2) is 5.54 Å². The minimum Gasteiger partial charge on any atom is -0.325 e. The Morgan fingerprint density at radius 3 is 1.90 bits per heavy atom. The van der Waals surface area contributed by atoms with E-state index in [0.717, 1.165) is 19.3 Å². The van der Waals surface area contributed by atoms with Crippen molar-refractivity contribution in [3.05, 3.63) is 12.7 Å². The highest BCUT2D eigenvalue weighted by atomic mass is 35.5. The standard InChI is InChI=1S/C8H17N.ClH/c1-4-7-8(9,5-2)6-3;/h4H,1,5-7,9H2,2-3H3;1H. The molecule has 0 rings (SSSR count). The van der Waals surface area contributed by atoms with E-state index in [2.05, 4.69) is 20.4 Å². The van der Waals surface area contributed by atoms with Gasteiger partial charge in [-0.25, -0.2) is 0 Å². The first-order valence-electron chi connectivity index (χ1n) is 3.58. The van der Waals surface area contributed by atoms with Crippen molar-refractivity contribution in [3.8, 4) is 0 Å². The van der Waals surface area contributed by atoms with Gasteiger partial charge in [-0.3, -0.25) is 0 Å². The second-order valence-electron chi connectivity index (χ2n) is 2.56. The molecule has 0 amide bonds. The van der Waals surface area contributed by atoms with E-state index in [1.54, 1.807) is 0 Å². The maximum Gasteiger partial charge on any atom is 0.0183 e. The molecule has 0 aliphatic heterocycles. The third kappa shape index (κ3) is 3.91. The van der Waals surface area contributed by atoms with Crippen LogP contribution in [-0.2, 0) is 0 Å². The molecule has 0 atom stereocenters. The van der Waals surface area contributed by atoms with Gasteiger partial charge in [0.15, 0.2) is 0 Å². The van der Waals surface area contributed by atoms with Crippen molar-refractivity contribution in [2.75, 3.05) is 0 Å². The third-order valence-electron chi connectivity index (χ3n) is 1.96. The van der Waals surface area contributed by atoms with Crippen molar-refractivity contribution in [1.29, 1.82) is 0 Å². The average molecular weight is 164 g/mol. The summed E-state index contributed by atoms with van der Waals surface area (Å²) in [6.07, 6.45) is 4.90. The van der Waals surface area contributed by atoms with E-state index in [1.807, 2.05) is 6.08 Å². The minimum absolute atomic E-state index is 0. The van der Waals surface area contributed by atoms with Crippen molar-refractivity contribution in [2.45, 2.75) is 38.6 Å². The quantitative estimate of drug-likeness (QED) is 0.634. The summed E-state index contributed by atoms with van der Waals surface area (Å²) >= 11 is 0. The fraction of sp³-hybridized carbons (Fsp3) is 0.750. The van der Waals surface area contributed by atoms with Crippen LogP contribution >= 0.6 is 12.4 Å². The average Bonchev–Trinajstić information content (AvgIpc) is 1.89. The summed E-state index contributed by atoms with van der Waals surface area (Å²) in [4.78, 5) is 0. The van der Waals surface area contributed by atoms with Crippen LogP contribution in [0.1, 0.15) is 33.1 Å². The van der Waals surface area contributed by atoms with Crippen molar-refractivity contribution in [1.82, 2.24) is 0 Å². The molecule has 0 unspecified atom stereocenters. The van der Waals surface area contributed by atoms with Crippen LogP contribution < -0.4 is 5.73 Å². The molecule has 10 heavy (non-hydrogen) atoms. The number of rotatable bonds is 4. The van der Waals surface area contributed by atoms with Crippen molar-refractivity contribution in [2.24, 2.45) is 5.73 Å². The highest BCUT2D eigenvalue weighted by Gasteiger charge is 2.16. The zero-order chi connectivity index (χ0) is 7.33. The van der Waals surface area contributed by atoms with Crippen molar-refractivity contribution >= 4 is 12.4 Å². The normalized spacial score (nSPS) is 10.3. The molecule has 1 nitrogen and oxygen atoms in total. The second kappa shape index (κ2) is 5.75. The Balaban J connectivity index is 0. The van der Waals surface area contributed by atoms with E-state index in [9.17, 15) is 0 Å². The Kier molecular flexibility index (Phi) is 7.27. The van der Waals surface area contributed by atoms with Gasteiger partial charge >= 0.3 is 0 Å². The summed E-state index contributed by atoms with van der Waals surface area (Å²) in [6, 6.07) is 0. The highest BCUT2D eigenvalue weighted by molar-refractivity contribution is 5.85. The van der Waals surface area contributed by atoms with Gasteiger partial charge in [-0.1, -0.05) is 19.9 Å². The molecular formula is C8H18ClN. The summed E-state index contributed by atoms with van der Waals surface area (Å²) in [7, 11) is 0. The third-order valence-corrected chi connectivity index (χ3v) is 1.96. The minimum atomic E-state index is 0. The topological polar surface area (TPSA) is 26.0 Å². The van der Waals surface area contributed by atoms with E-state index in [1.165, 1.54) is 0 Å². The molecule has 2 N–H and O–H groups in total. The SMILES string of the molecule is C=CCC(N)(CC)CC.Cl. The van der Waals surface area contributed by atoms with Gasteiger partial charge in [0.1, 0.15) is 0 Å². The van der Waals surface area contributed by atoms with Crippen LogP contribution in [0.25, 0.3) is 0 Å². The molecule has 0 bridgehead atoms. The largest absolute Gasteiger partial charge is 0.325 e. The Labute approximate surface area is 70.1 Å². The van der Waals surface area contributed by atoms with Gasteiger partial charge in [-0.2, -0.15) is 0 Å². The summed E-state index contributed by atoms with van der Waals surface area (Å²) < 4.78 is 0. The number of halogens is 1. The van der Waals surface area contributed by atoms with Crippen LogP contribution in [0.3, 0.4) is 0 Å². The Hall–Kier alpha value is -0.0100. The second-order valence-corrected chi connectivity index (χ2v) is 2.56. The first kappa shape index (κ1) is 12.6. The van der Waals surface area contributed by atoms with E-state index in [4.69, 9.17) is 5.73 Å². The first-order chi connectivity index (χ1) is 4.18. The Bertz CT molecular complexity index is 87.3. The maximum absolute atomic E-state index is 5.94. The molecule has 0 radical (unpaired) electrons. The molecule has 0 heterocycles. The van der Waals surface area contributed by atoms with Gasteiger partial charge in [0.2, 0.25) is 0 Å². The fourth-order valence-electron chi connectivity index (χ4n) is 0.826. The lowest BCUT2D eigenvalue weighted by atomic mass is 9.91. The monoisotopic (exact) mass is 163 g/mol. The lowest BCUT2D eigenvalue weighted by Crippen LogP contribution is -2.37. The van der Waals surface area contributed by atoms with Gasteiger partial charge < -0.3 is 5.73 Å².